The van der Waals surface area contributed by atoms with Crippen LogP contribution in [0, 0.1) is 0 Å². The van der Waals surface area contributed by atoms with Gasteiger partial charge in [-0.2, -0.15) is 0 Å². The summed E-state index contributed by atoms with van der Waals surface area (Å²) < 4.78 is 5.13. The molecule has 0 saturated heterocycles. The standard InChI is InChI=1S/C20H22ClNO3/c1-22(13-12-15-6-8-18(25-2)9-7-15)20(24)11-10-19(23)16-4-3-5-17(21)14-16/h3-9,14H,10-13H2,1-2H3. The van der Waals surface area contributed by atoms with Crippen LogP contribution in [-0.4, -0.2) is 37.3 Å². The van der Waals surface area contributed by atoms with Crippen LogP contribution in [0.3, 0.4) is 0 Å². The molecule has 0 spiro atoms. The van der Waals surface area contributed by atoms with Gasteiger partial charge in [-0.1, -0.05) is 35.9 Å². The average Bonchev–Trinajstić information content (AvgIpc) is 2.64. The molecule has 0 atom stereocenters. The molecule has 0 fully saturated rings. The lowest BCUT2D eigenvalue weighted by Gasteiger charge is -2.17. The van der Waals surface area contributed by atoms with E-state index in [4.69, 9.17) is 16.3 Å². The van der Waals surface area contributed by atoms with Crippen molar-refractivity contribution >= 4 is 23.3 Å². The number of methoxy groups -OCH3 is 1. The number of ether oxygens (including phenoxy) is 1. The third kappa shape index (κ3) is 5.91. The van der Waals surface area contributed by atoms with E-state index in [1.54, 1.807) is 43.3 Å². The van der Waals surface area contributed by atoms with Crippen LogP contribution in [0.5, 0.6) is 5.75 Å². The zero-order valence-corrected chi connectivity index (χ0v) is 15.3. The third-order valence-corrected chi connectivity index (χ3v) is 4.27. The molecule has 4 nitrogen and oxygen atoms in total. The minimum absolute atomic E-state index is 0.0381. The van der Waals surface area contributed by atoms with Gasteiger partial charge in [0.25, 0.3) is 0 Å². The quantitative estimate of drug-likeness (QED) is 0.669. The molecule has 0 aromatic heterocycles. The van der Waals surface area contributed by atoms with E-state index in [9.17, 15) is 9.59 Å². The van der Waals surface area contributed by atoms with Crippen LogP contribution < -0.4 is 4.74 Å². The predicted molar refractivity (Wildman–Crippen MR) is 99.4 cm³/mol. The molecule has 0 unspecified atom stereocenters. The van der Waals surface area contributed by atoms with E-state index in [-0.39, 0.29) is 24.5 Å². The number of Topliss-reactive ketones (excluding diaryl/α,β-unsaturated/α-hetero) is 1. The summed E-state index contributed by atoms with van der Waals surface area (Å²) in [5.74, 6) is 0.705. The summed E-state index contributed by atoms with van der Waals surface area (Å²) in [5, 5.41) is 0.522. The Balaban J connectivity index is 1.78. The fourth-order valence-electron chi connectivity index (χ4n) is 2.43. The van der Waals surface area contributed by atoms with Crippen LogP contribution in [0.4, 0.5) is 0 Å². The van der Waals surface area contributed by atoms with Crippen LogP contribution in [-0.2, 0) is 11.2 Å². The van der Waals surface area contributed by atoms with E-state index >= 15 is 0 Å². The normalized spacial score (nSPS) is 10.4. The number of carbonyl (C=O) groups excluding carboxylic acids is 2. The molecule has 1 amide bonds. The summed E-state index contributed by atoms with van der Waals surface area (Å²) in [7, 11) is 3.39. The number of hydrogen-bond acceptors (Lipinski definition) is 3. The van der Waals surface area contributed by atoms with Crippen molar-refractivity contribution in [3.63, 3.8) is 0 Å². The van der Waals surface area contributed by atoms with Gasteiger partial charge in [0, 0.05) is 37.0 Å². The predicted octanol–water partition coefficient (Wildman–Crippen LogP) is 4.01. The highest BCUT2D eigenvalue weighted by atomic mass is 35.5. The molecule has 5 heteroatoms. The minimum Gasteiger partial charge on any atom is -0.497 e. The molecule has 0 heterocycles. The first-order chi connectivity index (χ1) is 12.0. The molecule has 132 valence electrons. The van der Waals surface area contributed by atoms with Crippen molar-refractivity contribution in [2.24, 2.45) is 0 Å². The van der Waals surface area contributed by atoms with E-state index in [0.717, 1.165) is 17.7 Å². The molecule has 0 N–H and O–H groups in total. The smallest absolute Gasteiger partial charge is 0.222 e. The number of halogens is 1. The number of likely N-dealkylation sites (N-methyl/N-ethyl adjacent to an activating group) is 1. The van der Waals surface area contributed by atoms with Gasteiger partial charge in [0.2, 0.25) is 5.91 Å². The summed E-state index contributed by atoms with van der Waals surface area (Å²) in [6.45, 7) is 0.608. The molecule has 0 aliphatic rings. The Bertz CT molecular complexity index is 728. The molecule has 0 saturated carbocycles. The monoisotopic (exact) mass is 359 g/mol. The summed E-state index contributed by atoms with van der Waals surface area (Å²) >= 11 is 5.89. The van der Waals surface area contributed by atoms with Gasteiger partial charge < -0.3 is 9.64 Å². The van der Waals surface area contributed by atoms with Gasteiger partial charge in [0.1, 0.15) is 5.75 Å². The van der Waals surface area contributed by atoms with Crippen molar-refractivity contribution in [2.75, 3.05) is 20.7 Å². The zero-order valence-electron chi connectivity index (χ0n) is 14.5. The Hall–Kier alpha value is -2.33. The van der Waals surface area contributed by atoms with E-state index < -0.39 is 0 Å². The van der Waals surface area contributed by atoms with Crippen molar-refractivity contribution in [1.82, 2.24) is 4.90 Å². The first kappa shape index (κ1) is 19.0. The number of hydrogen-bond donors (Lipinski definition) is 0. The van der Waals surface area contributed by atoms with E-state index in [0.29, 0.717) is 17.1 Å². The topological polar surface area (TPSA) is 46.6 Å². The maximum absolute atomic E-state index is 12.2. The zero-order chi connectivity index (χ0) is 18.2. The molecule has 2 aromatic carbocycles. The van der Waals surface area contributed by atoms with Gasteiger partial charge in [-0.05, 0) is 36.2 Å². The Morgan fingerprint density at radius 2 is 1.80 bits per heavy atom. The van der Waals surface area contributed by atoms with Crippen LogP contribution in [0.15, 0.2) is 48.5 Å². The number of carbonyl (C=O) groups is 2. The van der Waals surface area contributed by atoms with Crippen LogP contribution >= 0.6 is 11.6 Å². The molecule has 0 aliphatic carbocycles. The average molecular weight is 360 g/mol. The Morgan fingerprint density at radius 1 is 1.08 bits per heavy atom. The number of nitrogens with zero attached hydrogens (tertiary/aromatic N) is 1. The fraction of sp³-hybridized carbons (Fsp3) is 0.300. The summed E-state index contributed by atoms with van der Waals surface area (Å²) in [6.07, 6.45) is 1.14. The second kappa shape index (κ2) is 9.23. The van der Waals surface area contributed by atoms with Crippen molar-refractivity contribution < 1.29 is 14.3 Å². The van der Waals surface area contributed by atoms with Gasteiger partial charge in [-0.25, -0.2) is 0 Å². The highest BCUT2D eigenvalue weighted by molar-refractivity contribution is 6.31. The number of rotatable bonds is 8. The number of ketones is 1. The Labute approximate surface area is 153 Å². The third-order valence-electron chi connectivity index (χ3n) is 4.03. The summed E-state index contributed by atoms with van der Waals surface area (Å²) in [4.78, 5) is 26.0. The second-order valence-electron chi connectivity index (χ2n) is 5.85. The maximum atomic E-state index is 12.2. The van der Waals surface area contributed by atoms with Gasteiger partial charge in [0.15, 0.2) is 5.78 Å². The van der Waals surface area contributed by atoms with Crippen LogP contribution in [0.2, 0.25) is 5.02 Å². The first-order valence-corrected chi connectivity index (χ1v) is 8.53. The summed E-state index contributed by atoms with van der Waals surface area (Å²) in [5.41, 5.74) is 1.68. The minimum atomic E-state index is -0.0700. The van der Waals surface area contributed by atoms with Crippen LogP contribution in [0.1, 0.15) is 28.8 Å². The van der Waals surface area contributed by atoms with Crippen molar-refractivity contribution in [3.05, 3.63) is 64.7 Å². The second-order valence-corrected chi connectivity index (χ2v) is 6.28. The maximum Gasteiger partial charge on any atom is 0.222 e. The Kier molecular flexibility index (Phi) is 7.02. The highest BCUT2D eigenvalue weighted by Gasteiger charge is 2.13. The van der Waals surface area contributed by atoms with Gasteiger partial charge >= 0.3 is 0 Å². The number of benzene rings is 2. The lowest BCUT2D eigenvalue weighted by Crippen LogP contribution is -2.29. The SMILES string of the molecule is COc1ccc(CCN(C)C(=O)CCC(=O)c2cccc(Cl)c2)cc1. The molecular formula is C20H22ClNO3. The molecule has 25 heavy (non-hydrogen) atoms. The van der Waals surface area contributed by atoms with E-state index in [1.807, 2.05) is 24.3 Å². The van der Waals surface area contributed by atoms with E-state index in [2.05, 4.69) is 0 Å². The molecule has 0 radical (unpaired) electrons. The Morgan fingerprint density at radius 3 is 2.44 bits per heavy atom. The summed E-state index contributed by atoms with van der Waals surface area (Å²) in [6, 6.07) is 14.6. The largest absolute Gasteiger partial charge is 0.497 e. The highest BCUT2D eigenvalue weighted by Crippen LogP contribution is 2.14. The van der Waals surface area contributed by atoms with Gasteiger partial charge in [0.05, 0.1) is 7.11 Å². The molecule has 2 aromatic rings. The molecule has 0 bridgehead atoms. The molecule has 0 aliphatic heterocycles. The lowest BCUT2D eigenvalue weighted by molar-refractivity contribution is -0.129. The van der Waals surface area contributed by atoms with Gasteiger partial charge in [-0.15, -0.1) is 0 Å². The fourth-order valence-corrected chi connectivity index (χ4v) is 2.62. The van der Waals surface area contributed by atoms with Crippen molar-refractivity contribution in [3.8, 4) is 5.75 Å². The lowest BCUT2D eigenvalue weighted by atomic mass is 10.1. The van der Waals surface area contributed by atoms with Crippen molar-refractivity contribution in [2.45, 2.75) is 19.3 Å². The number of amides is 1. The van der Waals surface area contributed by atoms with E-state index in [1.165, 1.54) is 0 Å². The van der Waals surface area contributed by atoms with Crippen LogP contribution in [0.25, 0.3) is 0 Å². The van der Waals surface area contributed by atoms with Crippen molar-refractivity contribution in [1.29, 1.82) is 0 Å². The molecular weight excluding hydrogens is 338 g/mol. The van der Waals surface area contributed by atoms with Gasteiger partial charge in [-0.3, -0.25) is 9.59 Å². The molecule has 2 rings (SSSR count). The first-order valence-electron chi connectivity index (χ1n) is 8.15.